The van der Waals surface area contributed by atoms with Crippen molar-refractivity contribution in [1.29, 1.82) is 0 Å². The third-order valence-electron chi connectivity index (χ3n) is 2.65. The second kappa shape index (κ2) is 6.29. The Hall–Kier alpha value is -3.22. The van der Waals surface area contributed by atoms with Crippen molar-refractivity contribution in [2.45, 2.75) is 0 Å². The molecule has 0 aliphatic rings. The Bertz CT molecular complexity index is 713. The first-order chi connectivity index (χ1) is 10.1. The van der Waals surface area contributed by atoms with Crippen molar-refractivity contribution in [3.8, 4) is 5.75 Å². The molecule has 7 heteroatoms. The molecule has 0 unspecified atom stereocenters. The number of para-hydroxylation sites is 2. The number of rotatable bonds is 4. The number of amides is 1. The Morgan fingerprint density at radius 2 is 1.86 bits per heavy atom. The molecule has 0 aromatic heterocycles. The molecular weight excluding hydrogens is 274 g/mol. The van der Waals surface area contributed by atoms with Crippen LogP contribution >= 0.6 is 0 Å². The molecule has 2 N–H and O–H groups in total. The van der Waals surface area contributed by atoms with Gasteiger partial charge in [-0.05, 0) is 18.2 Å². The number of hydrazone groups is 1. The van der Waals surface area contributed by atoms with E-state index < -0.39 is 10.8 Å². The minimum absolute atomic E-state index is 0.0150. The van der Waals surface area contributed by atoms with Gasteiger partial charge in [0, 0.05) is 11.6 Å². The average molecular weight is 285 g/mol. The molecule has 0 radical (unpaired) electrons. The van der Waals surface area contributed by atoms with Gasteiger partial charge in [0.25, 0.3) is 11.6 Å². The smallest absolute Gasteiger partial charge is 0.282 e. The molecule has 0 aliphatic carbocycles. The van der Waals surface area contributed by atoms with Crippen molar-refractivity contribution in [2.24, 2.45) is 5.10 Å². The summed E-state index contributed by atoms with van der Waals surface area (Å²) in [5.74, 6) is -0.685. The lowest BCUT2D eigenvalue weighted by Crippen LogP contribution is -2.18. The average Bonchev–Trinajstić information content (AvgIpc) is 2.49. The highest BCUT2D eigenvalue weighted by molar-refractivity contribution is 5.98. The molecule has 2 rings (SSSR count). The molecule has 21 heavy (non-hydrogen) atoms. The van der Waals surface area contributed by atoms with Crippen LogP contribution in [0.2, 0.25) is 0 Å². The summed E-state index contributed by atoms with van der Waals surface area (Å²) in [5, 5.41) is 24.0. The molecule has 2 aromatic rings. The van der Waals surface area contributed by atoms with Crippen molar-refractivity contribution in [1.82, 2.24) is 5.43 Å². The molecule has 2 aromatic carbocycles. The van der Waals surface area contributed by atoms with E-state index in [9.17, 15) is 20.0 Å². The lowest BCUT2D eigenvalue weighted by atomic mass is 10.2. The number of carbonyl (C=O) groups is 1. The van der Waals surface area contributed by atoms with Gasteiger partial charge < -0.3 is 5.11 Å². The predicted molar refractivity (Wildman–Crippen MR) is 76.3 cm³/mol. The van der Waals surface area contributed by atoms with Gasteiger partial charge in [0.2, 0.25) is 0 Å². The van der Waals surface area contributed by atoms with Crippen LogP contribution in [0.25, 0.3) is 0 Å². The van der Waals surface area contributed by atoms with Crippen molar-refractivity contribution < 1.29 is 14.8 Å². The zero-order valence-corrected chi connectivity index (χ0v) is 10.8. The van der Waals surface area contributed by atoms with Gasteiger partial charge in [0.1, 0.15) is 11.3 Å². The summed E-state index contributed by atoms with van der Waals surface area (Å²) >= 11 is 0. The standard InChI is InChI=1S/C14H11N3O4/c18-13-8-4-1-5-10(13)9-15-16-14(19)11-6-2-3-7-12(11)17(20)21/h1-9,18H,(H,16,19)/b15-9-. The Labute approximate surface area is 119 Å². The monoisotopic (exact) mass is 285 g/mol. The summed E-state index contributed by atoms with van der Waals surface area (Å²) in [4.78, 5) is 22.0. The summed E-state index contributed by atoms with van der Waals surface area (Å²) in [6.45, 7) is 0. The van der Waals surface area contributed by atoms with E-state index in [2.05, 4.69) is 10.5 Å². The summed E-state index contributed by atoms with van der Waals surface area (Å²) in [7, 11) is 0. The minimum atomic E-state index is -0.700. The first kappa shape index (κ1) is 14.2. The van der Waals surface area contributed by atoms with E-state index >= 15 is 0 Å². The fourth-order valence-electron chi connectivity index (χ4n) is 1.64. The molecule has 0 heterocycles. The number of carbonyl (C=O) groups excluding carboxylic acids is 1. The van der Waals surface area contributed by atoms with Crippen LogP contribution in [0.1, 0.15) is 15.9 Å². The van der Waals surface area contributed by atoms with Gasteiger partial charge in [0.05, 0.1) is 11.1 Å². The highest BCUT2D eigenvalue weighted by atomic mass is 16.6. The Kier molecular flexibility index (Phi) is 4.25. The van der Waals surface area contributed by atoms with Gasteiger partial charge in [-0.2, -0.15) is 5.10 Å². The Morgan fingerprint density at radius 1 is 1.19 bits per heavy atom. The number of phenolic OH excluding ortho intramolecular Hbond substituents is 1. The van der Waals surface area contributed by atoms with E-state index in [4.69, 9.17) is 0 Å². The quantitative estimate of drug-likeness (QED) is 0.509. The summed E-state index contributed by atoms with van der Waals surface area (Å²) in [6, 6.07) is 12.0. The SMILES string of the molecule is O=C(N/N=C\c1ccccc1O)c1ccccc1[N+](=O)[O-]. The number of nitrogens with zero attached hydrogens (tertiary/aromatic N) is 2. The van der Waals surface area contributed by atoms with E-state index in [0.29, 0.717) is 5.56 Å². The number of nitrogens with one attached hydrogen (secondary N) is 1. The molecule has 0 saturated carbocycles. The number of hydrogen-bond acceptors (Lipinski definition) is 5. The number of aromatic hydroxyl groups is 1. The maximum absolute atomic E-state index is 11.9. The maximum Gasteiger partial charge on any atom is 0.282 e. The highest BCUT2D eigenvalue weighted by Crippen LogP contribution is 2.17. The molecule has 1 amide bonds. The molecule has 0 fully saturated rings. The summed E-state index contributed by atoms with van der Waals surface area (Å²) in [6.07, 6.45) is 1.25. The van der Waals surface area contributed by atoms with Gasteiger partial charge in [-0.15, -0.1) is 0 Å². The van der Waals surface area contributed by atoms with E-state index in [1.54, 1.807) is 18.2 Å². The number of benzene rings is 2. The summed E-state index contributed by atoms with van der Waals surface area (Å²) < 4.78 is 0. The van der Waals surface area contributed by atoms with E-state index in [0.717, 1.165) is 0 Å². The number of hydrogen-bond donors (Lipinski definition) is 2. The third-order valence-corrected chi connectivity index (χ3v) is 2.65. The number of phenols is 1. The molecule has 0 aliphatic heterocycles. The highest BCUT2D eigenvalue weighted by Gasteiger charge is 2.18. The Morgan fingerprint density at radius 3 is 2.57 bits per heavy atom. The first-order valence-corrected chi connectivity index (χ1v) is 5.94. The summed E-state index contributed by atoms with van der Waals surface area (Å²) in [5.41, 5.74) is 2.22. The van der Waals surface area contributed by atoms with Crippen molar-refractivity contribution >= 4 is 17.8 Å². The van der Waals surface area contributed by atoms with Gasteiger partial charge in [-0.25, -0.2) is 5.43 Å². The van der Waals surface area contributed by atoms with E-state index in [1.807, 2.05) is 0 Å². The van der Waals surface area contributed by atoms with Crippen LogP contribution in [0.5, 0.6) is 5.75 Å². The molecular formula is C14H11N3O4. The molecule has 7 nitrogen and oxygen atoms in total. The van der Waals surface area contributed by atoms with Gasteiger partial charge in [-0.3, -0.25) is 14.9 Å². The van der Waals surface area contributed by atoms with Crippen molar-refractivity contribution in [3.63, 3.8) is 0 Å². The number of nitro benzene ring substituents is 1. The van der Waals surface area contributed by atoms with Gasteiger partial charge in [0.15, 0.2) is 0 Å². The normalized spacial score (nSPS) is 10.5. The van der Waals surface area contributed by atoms with Crippen LogP contribution in [-0.4, -0.2) is 22.2 Å². The zero-order valence-electron chi connectivity index (χ0n) is 10.8. The van der Waals surface area contributed by atoms with Crippen LogP contribution in [0.3, 0.4) is 0 Å². The van der Waals surface area contributed by atoms with Crippen LogP contribution in [-0.2, 0) is 0 Å². The van der Waals surface area contributed by atoms with Crippen LogP contribution in [0.15, 0.2) is 53.6 Å². The van der Waals surface area contributed by atoms with Crippen molar-refractivity contribution in [2.75, 3.05) is 0 Å². The van der Waals surface area contributed by atoms with Crippen LogP contribution in [0, 0.1) is 10.1 Å². The van der Waals surface area contributed by atoms with Crippen molar-refractivity contribution in [3.05, 3.63) is 69.8 Å². The molecule has 0 saturated heterocycles. The van der Waals surface area contributed by atoms with Crippen LogP contribution in [0.4, 0.5) is 5.69 Å². The van der Waals surface area contributed by atoms with Gasteiger partial charge in [-0.1, -0.05) is 24.3 Å². The zero-order chi connectivity index (χ0) is 15.2. The third kappa shape index (κ3) is 3.41. The van der Waals surface area contributed by atoms with E-state index in [1.165, 1.54) is 36.5 Å². The fourth-order valence-corrected chi connectivity index (χ4v) is 1.64. The lowest BCUT2D eigenvalue weighted by Gasteiger charge is -2.01. The number of nitro groups is 1. The van der Waals surface area contributed by atoms with Gasteiger partial charge >= 0.3 is 0 Å². The topological polar surface area (TPSA) is 105 Å². The lowest BCUT2D eigenvalue weighted by molar-refractivity contribution is -0.385. The maximum atomic E-state index is 11.9. The molecule has 106 valence electrons. The predicted octanol–water partition coefficient (Wildman–Crippen LogP) is 2.06. The second-order valence-electron chi connectivity index (χ2n) is 4.03. The fraction of sp³-hybridized carbons (Fsp3) is 0. The molecule has 0 atom stereocenters. The largest absolute Gasteiger partial charge is 0.507 e. The van der Waals surface area contributed by atoms with E-state index in [-0.39, 0.29) is 17.0 Å². The Balaban J connectivity index is 2.13. The second-order valence-corrected chi connectivity index (χ2v) is 4.03. The first-order valence-electron chi connectivity index (χ1n) is 5.94. The van der Waals surface area contributed by atoms with Crippen LogP contribution < -0.4 is 5.43 Å². The molecule has 0 bridgehead atoms. The molecule has 0 spiro atoms. The minimum Gasteiger partial charge on any atom is -0.507 e.